The minimum Gasteiger partial charge on any atom is -0.383 e. The van der Waals surface area contributed by atoms with Crippen molar-refractivity contribution in [2.24, 2.45) is 0 Å². The monoisotopic (exact) mass is 272 g/mol. The Balaban J connectivity index is 2.95. The molecular formula is C12H17FN2O4. The number of methoxy groups -OCH3 is 2. The van der Waals surface area contributed by atoms with Gasteiger partial charge in [0, 0.05) is 39.1 Å². The van der Waals surface area contributed by atoms with Crippen LogP contribution >= 0.6 is 0 Å². The molecule has 0 heterocycles. The van der Waals surface area contributed by atoms with Crippen LogP contribution in [0.1, 0.15) is 0 Å². The maximum atomic E-state index is 13.4. The summed E-state index contributed by atoms with van der Waals surface area (Å²) in [5.74, 6) is -0.635. The summed E-state index contributed by atoms with van der Waals surface area (Å²) < 4.78 is 23.3. The second kappa shape index (κ2) is 7.65. The van der Waals surface area contributed by atoms with Gasteiger partial charge in [-0.15, -0.1) is 0 Å². The summed E-state index contributed by atoms with van der Waals surface area (Å²) in [5.41, 5.74) is 0.177. The van der Waals surface area contributed by atoms with Gasteiger partial charge in [-0.25, -0.2) is 4.39 Å². The number of halogens is 1. The molecule has 0 amide bonds. The molecule has 7 heteroatoms. The number of anilines is 1. The van der Waals surface area contributed by atoms with E-state index in [0.717, 1.165) is 6.07 Å². The third kappa shape index (κ3) is 4.80. The highest BCUT2D eigenvalue weighted by Gasteiger charge is 2.14. The molecule has 0 spiro atoms. The van der Waals surface area contributed by atoms with Crippen LogP contribution in [0.25, 0.3) is 0 Å². The first-order chi connectivity index (χ1) is 9.08. The summed E-state index contributed by atoms with van der Waals surface area (Å²) in [6.45, 7) is 1.88. The number of nitrogens with zero attached hydrogens (tertiary/aromatic N) is 2. The van der Waals surface area contributed by atoms with Crippen LogP contribution in [-0.2, 0) is 9.47 Å². The molecule has 0 aromatic heterocycles. The smallest absolute Gasteiger partial charge is 0.274 e. The van der Waals surface area contributed by atoms with Crippen LogP contribution in [0.4, 0.5) is 15.8 Å². The third-order valence-electron chi connectivity index (χ3n) is 2.57. The van der Waals surface area contributed by atoms with Crippen molar-refractivity contribution in [3.05, 3.63) is 34.1 Å². The van der Waals surface area contributed by atoms with Crippen LogP contribution in [-0.4, -0.2) is 45.4 Å². The number of nitro benzene ring substituents is 1. The largest absolute Gasteiger partial charge is 0.383 e. The van der Waals surface area contributed by atoms with Crippen molar-refractivity contribution < 1.29 is 18.8 Å². The molecule has 0 aliphatic rings. The molecule has 0 saturated carbocycles. The van der Waals surface area contributed by atoms with Gasteiger partial charge in [0.25, 0.3) is 5.69 Å². The molecular weight excluding hydrogens is 255 g/mol. The molecule has 0 radical (unpaired) electrons. The van der Waals surface area contributed by atoms with Crippen LogP contribution < -0.4 is 4.90 Å². The average molecular weight is 272 g/mol. The molecule has 0 aliphatic heterocycles. The van der Waals surface area contributed by atoms with Gasteiger partial charge in [0.2, 0.25) is 0 Å². The standard InChI is InChI=1S/C12H17FN2O4/c1-18-5-3-14(4-6-19-2)11-7-10(13)8-12(9-11)15(16)17/h7-9H,3-6H2,1-2H3. The Labute approximate surface area is 110 Å². The predicted molar refractivity (Wildman–Crippen MR) is 69.0 cm³/mol. The SMILES string of the molecule is COCCN(CCOC)c1cc(F)cc([N+](=O)[O-])c1. The van der Waals surface area contributed by atoms with Crippen LogP contribution in [0.5, 0.6) is 0 Å². The van der Waals surface area contributed by atoms with Gasteiger partial charge >= 0.3 is 0 Å². The zero-order valence-corrected chi connectivity index (χ0v) is 11.0. The van der Waals surface area contributed by atoms with Crippen molar-refractivity contribution in [2.45, 2.75) is 0 Å². The van der Waals surface area contributed by atoms with Crippen LogP contribution in [0.3, 0.4) is 0 Å². The van der Waals surface area contributed by atoms with Crippen molar-refractivity contribution in [3.8, 4) is 0 Å². The second-order valence-corrected chi connectivity index (χ2v) is 3.90. The fourth-order valence-electron chi connectivity index (χ4n) is 1.62. The van der Waals surface area contributed by atoms with E-state index in [0.29, 0.717) is 32.0 Å². The van der Waals surface area contributed by atoms with Gasteiger partial charge in [-0.1, -0.05) is 0 Å². The fraction of sp³-hybridized carbons (Fsp3) is 0.500. The lowest BCUT2D eigenvalue weighted by Gasteiger charge is -2.24. The molecule has 1 aromatic carbocycles. The molecule has 1 aromatic rings. The molecule has 6 nitrogen and oxygen atoms in total. The number of hydrogen-bond donors (Lipinski definition) is 0. The topological polar surface area (TPSA) is 64.8 Å². The summed E-state index contributed by atoms with van der Waals surface area (Å²) in [6, 6.07) is 3.50. The minimum atomic E-state index is -0.635. The highest BCUT2D eigenvalue weighted by Crippen LogP contribution is 2.23. The molecule has 0 unspecified atom stereocenters. The Morgan fingerprint density at radius 1 is 1.21 bits per heavy atom. The van der Waals surface area contributed by atoms with E-state index in [2.05, 4.69) is 0 Å². The van der Waals surface area contributed by atoms with Gasteiger partial charge in [-0.3, -0.25) is 10.1 Å². The Morgan fingerprint density at radius 2 is 1.79 bits per heavy atom. The summed E-state index contributed by atoms with van der Waals surface area (Å²) in [4.78, 5) is 11.9. The summed E-state index contributed by atoms with van der Waals surface area (Å²) in [5, 5.41) is 10.7. The Morgan fingerprint density at radius 3 is 2.26 bits per heavy atom. The quantitative estimate of drug-likeness (QED) is 0.533. The van der Waals surface area contributed by atoms with E-state index in [1.807, 2.05) is 0 Å². The van der Waals surface area contributed by atoms with Crippen molar-refractivity contribution in [1.82, 2.24) is 0 Å². The maximum Gasteiger partial charge on any atom is 0.274 e. The number of nitro groups is 1. The zero-order valence-electron chi connectivity index (χ0n) is 11.0. The van der Waals surface area contributed by atoms with Crippen molar-refractivity contribution in [1.29, 1.82) is 0 Å². The predicted octanol–water partition coefficient (Wildman–Crippen LogP) is 1.83. The summed E-state index contributed by atoms with van der Waals surface area (Å²) >= 11 is 0. The Bertz CT molecular complexity index is 420. The van der Waals surface area contributed by atoms with E-state index in [1.54, 1.807) is 19.1 Å². The molecule has 0 aliphatic carbocycles. The Hall–Kier alpha value is -1.73. The van der Waals surface area contributed by atoms with Gasteiger partial charge in [-0.2, -0.15) is 0 Å². The van der Waals surface area contributed by atoms with Crippen molar-refractivity contribution in [2.75, 3.05) is 45.4 Å². The van der Waals surface area contributed by atoms with E-state index >= 15 is 0 Å². The highest BCUT2D eigenvalue weighted by molar-refractivity contribution is 5.53. The molecule has 1 rings (SSSR count). The fourth-order valence-corrected chi connectivity index (χ4v) is 1.62. The average Bonchev–Trinajstić information content (AvgIpc) is 2.38. The van der Waals surface area contributed by atoms with Crippen LogP contribution in [0.2, 0.25) is 0 Å². The first-order valence-electron chi connectivity index (χ1n) is 5.76. The lowest BCUT2D eigenvalue weighted by atomic mass is 10.2. The maximum absolute atomic E-state index is 13.4. The number of ether oxygens (including phenoxy) is 2. The minimum absolute atomic E-state index is 0.269. The van der Waals surface area contributed by atoms with Crippen LogP contribution in [0.15, 0.2) is 18.2 Å². The molecule has 0 saturated heterocycles. The van der Waals surface area contributed by atoms with Gasteiger partial charge in [0.1, 0.15) is 5.82 Å². The molecule has 0 bridgehead atoms. The van der Waals surface area contributed by atoms with E-state index in [9.17, 15) is 14.5 Å². The van der Waals surface area contributed by atoms with E-state index in [1.165, 1.54) is 12.1 Å². The number of non-ortho nitro benzene ring substituents is 1. The molecule has 19 heavy (non-hydrogen) atoms. The number of hydrogen-bond acceptors (Lipinski definition) is 5. The first-order valence-corrected chi connectivity index (χ1v) is 5.76. The third-order valence-corrected chi connectivity index (χ3v) is 2.57. The normalized spacial score (nSPS) is 10.5. The van der Waals surface area contributed by atoms with Gasteiger partial charge < -0.3 is 14.4 Å². The molecule has 0 N–H and O–H groups in total. The molecule has 0 fully saturated rings. The second-order valence-electron chi connectivity index (χ2n) is 3.90. The van der Waals surface area contributed by atoms with Crippen molar-refractivity contribution >= 4 is 11.4 Å². The number of rotatable bonds is 8. The first kappa shape index (κ1) is 15.3. The summed E-state index contributed by atoms with van der Waals surface area (Å²) in [7, 11) is 3.12. The molecule has 106 valence electrons. The Kier molecular flexibility index (Phi) is 6.17. The lowest BCUT2D eigenvalue weighted by Crippen LogP contribution is -2.30. The van der Waals surface area contributed by atoms with E-state index in [4.69, 9.17) is 9.47 Å². The van der Waals surface area contributed by atoms with Crippen LogP contribution in [0, 0.1) is 15.9 Å². The molecule has 0 atom stereocenters. The zero-order chi connectivity index (χ0) is 14.3. The van der Waals surface area contributed by atoms with Gasteiger partial charge in [0.15, 0.2) is 0 Å². The van der Waals surface area contributed by atoms with E-state index in [-0.39, 0.29) is 5.69 Å². The van der Waals surface area contributed by atoms with Crippen molar-refractivity contribution in [3.63, 3.8) is 0 Å². The van der Waals surface area contributed by atoms with E-state index < -0.39 is 10.7 Å². The highest BCUT2D eigenvalue weighted by atomic mass is 19.1. The number of benzene rings is 1. The van der Waals surface area contributed by atoms with Gasteiger partial charge in [-0.05, 0) is 6.07 Å². The van der Waals surface area contributed by atoms with Gasteiger partial charge in [0.05, 0.1) is 24.2 Å². The summed E-state index contributed by atoms with van der Waals surface area (Å²) in [6.07, 6.45) is 0. The lowest BCUT2D eigenvalue weighted by molar-refractivity contribution is -0.385.